The normalized spacial score (nSPS) is 9.74. The number of rotatable bonds is 12. The minimum atomic E-state index is -3.52. The molecule has 0 saturated heterocycles. The quantitative estimate of drug-likeness (QED) is 0.0600. The summed E-state index contributed by atoms with van der Waals surface area (Å²) in [7, 11) is 9.87. The van der Waals surface area contributed by atoms with Crippen molar-refractivity contribution in [1.82, 2.24) is 39.1 Å². The number of carbonyl (C=O) groups excluding carboxylic acids is 4. The van der Waals surface area contributed by atoms with Gasteiger partial charge in [0.1, 0.15) is 23.7 Å². The molecule has 4 N–H and O–H groups in total. The van der Waals surface area contributed by atoms with Gasteiger partial charge in [-0.3, -0.25) is 22.9 Å². The van der Waals surface area contributed by atoms with E-state index < -0.39 is 34.0 Å². The monoisotopic (exact) mass is 820 g/mol. The number of aromatic carboxylic acids is 1. The molecule has 0 aliphatic heterocycles. The van der Waals surface area contributed by atoms with Crippen LogP contribution in [0.5, 0.6) is 0 Å². The summed E-state index contributed by atoms with van der Waals surface area (Å²) >= 11 is 0. The molecule has 310 valence electrons. The van der Waals surface area contributed by atoms with Gasteiger partial charge in [-0.25, -0.2) is 14.4 Å². The molecule has 0 atom stereocenters. The summed E-state index contributed by atoms with van der Waals surface area (Å²) in [4.78, 5) is 43.8. The first-order valence-corrected chi connectivity index (χ1v) is 16.7. The fraction of sp³-hybridized carbons (Fsp3) is 0.467. The Hall–Kier alpha value is -4.38. The van der Waals surface area contributed by atoms with Gasteiger partial charge in [-0.05, 0) is 24.3 Å². The predicted molar refractivity (Wildman–Crippen MR) is 184 cm³/mol. The Balaban J connectivity index is -0.000000323. The number of hydrogen-bond acceptors (Lipinski definition) is 19. The first kappa shape index (κ1) is 59.3. The van der Waals surface area contributed by atoms with Gasteiger partial charge in [0.25, 0.3) is 10.1 Å². The summed E-state index contributed by atoms with van der Waals surface area (Å²) in [6.07, 6.45) is 0.942. The van der Waals surface area contributed by atoms with Crippen molar-refractivity contribution in [2.75, 3.05) is 41.8 Å². The molecule has 0 radical (unpaired) electrons. The maximum atomic E-state index is 11.2. The topological polar surface area (TPSA) is 334 Å². The minimum absolute atomic E-state index is 0. The average molecular weight is 821 g/mol. The second kappa shape index (κ2) is 28.9. The van der Waals surface area contributed by atoms with Crippen LogP contribution in [-0.4, -0.2) is 129 Å². The second-order valence-corrected chi connectivity index (χ2v) is 12.0. The molecule has 27 heteroatoms. The zero-order chi connectivity index (χ0) is 40.5. The number of aliphatic hydroxyl groups is 1. The van der Waals surface area contributed by atoms with Crippen LogP contribution in [0, 0.1) is 0 Å². The van der Waals surface area contributed by atoms with E-state index >= 15 is 0 Å². The molecule has 24 nitrogen and oxygen atoms in total. The standard InChI is InChI=1S/C8H12N2O5S.C8H12N2O3.2C7H10N2O3.2Li.2H2O/c1-10-7(8(11)14-2)4-6(9-10)5-15-16(3,12)13;1-10-7(8(11)13-3)4-6(9-10)5-12-2;1-9-6(7(10)11)3-5(8-9)4-12-2;1-9-6(7(11)12-2)3-5(4-10)8-9;;;;/h4H,5H2,1-3H3;4H,5H2,1-3H3;3H,4H2,1-2H3,(H,10,11);3,10H,4H2,1-2H3;;;2*1H2/q;;;;2*+1;;/p-2. The first-order chi connectivity index (χ1) is 24.8. The van der Waals surface area contributed by atoms with Gasteiger partial charge in [-0.1, -0.05) is 0 Å². The Morgan fingerprint density at radius 1 is 0.614 bits per heavy atom. The van der Waals surface area contributed by atoms with E-state index in [4.69, 9.17) is 14.6 Å². The molecule has 0 amide bonds. The number of ether oxygens (including phenoxy) is 5. The summed E-state index contributed by atoms with van der Waals surface area (Å²) in [6.45, 7) is 0.320. The third-order valence-corrected chi connectivity index (χ3v) is 6.83. The van der Waals surface area contributed by atoms with Gasteiger partial charge in [0.05, 0.1) is 81.8 Å². The SMILES string of the molecule is COC(=O)c1cc(CO)nn1C.COC(=O)c1cc(COS(C)(=O)=O)nn1C.COCc1cc(C(=O)OC)n(C)n1.COCc1cc(C(=O)[O-])n(C)n1.O.[Li+].[Li+].[OH-]. The largest absolute Gasteiger partial charge is 1.00 e. The van der Waals surface area contributed by atoms with E-state index in [1.54, 1.807) is 41.4 Å². The zero-order valence-electron chi connectivity index (χ0n) is 33.8. The summed E-state index contributed by atoms with van der Waals surface area (Å²) in [5.74, 6) is -2.62. The number of carboxylic acid groups (broad SMARTS) is 1. The molecule has 0 aromatic carbocycles. The van der Waals surface area contributed by atoms with Crippen molar-refractivity contribution < 1.29 is 114 Å². The van der Waals surface area contributed by atoms with E-state index in [-0.39, 0.29) is 73.3 Å². The molecule has 0 unspecified atom stereocenters. The van der Waals surface area contributed by atoms with E-state index in [1.807, 2.05) is 0 Å². The molecule has 4 heterocycles. The maximum Gasteiger partial charge on any atom is 1.00 e. The van der Waals surface area contributed by atoms with Gasteiger partial charge < -0.3 is 49.6 Å². The Kier molecular flexibility index (Phi) is 30.1. The molecule has 57 heavy (non-hydrogen) atoms. The summed E-state index contributed by atoms with van der Waals surface area (Å²) in [5, 5.41) is 34.9. The number of methoxy groups -OCH3 is 5. The fourth-order valence-electron chi connectivity index (χ4n) is 3.94. The van der Waals surface area contributed by atoms with Crippen molar-refractivity contribution in [3.05, 3.63) is 69.8 Å². The third kappa shape index (κ3) is 20.1. The van der Waals surface area contributed by atoms with E-state index in [9.17, 15) is 32.7 Å². The van der Waals surface area contributed by atoms with Crippen LogP contribution in [0.1, 0.15) is 64.7 Å². The van der Waals surface area contributed by atoms with Crippen molar-refractivity contribution in [1.29, 1.82) is 0 Å². The van der Waals surface area contributed by atoms with Crippen molar-refractivity contribution in [3.8, 4) is 0 Å². The number of nitrogens with zero attached hydrogens (tertiary/aromatic N) is 8. The second-order valence-electron chi connectivity index (χ2n) is 10.3. The molecular weight excluding hydrogens is 774 g/mol. The average Bonchev–Trinajstić information content (AvgIpc) is 3.88. The molecule has 0 aliphatic rings. The summed E-state index contributed by atoms with van der Waals surface area (Å²) in [6, 6.07) is 5.98. The molecule has 0 saturated carbocycles. The maximum absolute atomic E-state index is 11.2. The summed E-state index contributed by atoms with van der Waals surface area (Å²) < 4.78 is 54.7. The van der Waals surface area contributed by atoms with E-state index in [1.165, 1.54) is 65.4 Å². The number of aryl methyl sites for hydroxylation is 4. The molecule has 0 aliphatic carbocycles. The fourth-order valence-corrected chi connectivity index (χ4v) is 4.27. The Morgan fingerprint density at radius 3 is 1.14 bits per heavy atom. The van der Waals surface area contributed by atoms with E-state index in [0.29, 0.717) is 47.4 Å². The van der Waals surface area contributed by atoms with Crippen molar-refractivity contribution in [3.63, 3.8) is 0 Å². The van der Waals surface area contributed by atoms with E-state index in [0.717, 1.165) is 6.26 Å². The summed E-state index contributed by atoms with van der Waals surface area (Å²) in [5.41, 5.74) is 3.14. The molecule has 4 aromatic rings. The van der Waals surface area contributed by atoms with Gasteiger partial charge in [-0.2, -0.15) is 28.8 Å². The number of carboxylic acids is 1. The smallest absolute Gasteiger partial charge is 0.870 e. The van der Waals surface area contributed by atoms with Crippen LogP contribution in [-0.2, 0) is 92.6 Å². The van der Waals surface area contributed by atoms with Crippen LogP contribution in [0.2, 0.25) is 0 Å². The number of aromatic nitrogens is 8. The van der Waals surface area contributed by atoms with Crippen LogP contribution in [0.25, 0.3) is 0 Å². The van der Waals surface area contributed by atoms with Crippen molar-refractivity contribution in [2.45, 2.75) is 26.4 Å². The van der Waals surface area contributed by atoms with Crippen LogP contribution in [0.3, 0.4) is 0 Å². The molecule has 4 rings (SSSR count). The number of hydrogen-bond donors (Lipinski definition) is 1. The van der Waals surface area contributed by atoms with Crippen LogP contribution in [0.4, 0.5) is 0 Å². The first-order valence-electron chi connectivity index (χ1n) is 14.9. The van der Waals surface area contributed by atoms with Crippen LogP contribution >= 0.6 is 0 Å². The van der Waals surface area contributed by atoms with Gasteiger partial charge >= 0.3 is 55.6 Å². The molecule has 4 aromatic heterocycles. The van der Waals surface area contributed by atoms with Crippen molar-refractivity contribution >= 4 is 34.0 Å². The predicted octanol–water partition coefficient (Wildman–Crippen LogP) is -8.33. The third-order valence-electron chi connectivity index (χ3n) is 6.28. The number of carbonyl (C=O) groups is 4. The van der Waals surface area contributed by atoms with Crippen LogP contribution in [0.15, 0.2) is 24.3 Å². The molecular formula is C30H46Li2N8O16S. The van der Waals surface area contributed by atoms with E-state index in [2.05, 4.69) is 38.8 Å². The van der Waals surface area contributed by atoms with Gasteiger partial charge in [0.2, 0.25) is 0 Å². The van der Waals surface area contributed by atoms with Gasteiger partial charge in [0.15, 0.2) is 0 Å². The Labute approximate surface area is 352 Å². The van der Waals surface area contributed by atoms with Gasteiger partial charge in [0, 0.05) is 42.4 Å². The Morgan fingerprint density at radius 2 is 0.895 bits per heavy atom. The van der Waals surface area contributed by atoms with Crippen LogP contribution < -0.4 is 42.8 Å². The zero-order valence-corrected chi connectivity index (χ0v) is 34.6. The number of esters is 3. The molecule has 0 bridgehead atoms. The molecule has 0 spiro atoms. The molecule has 0 fully saturated rings. The minimum Gasteiger partial charge on any atom is -0.870 e. The Bertz CT molecular complexity index is 1940. The van der Waals surface area contributed by atoms with Gasteiger partial charge in [-0.15, -0.1) is 0 Å². The number of aliphatic hydroxyl groups excluding tert-OH is 1. The van der Waals surface area contributed by atoms with Crippen molar-refractivity contribution in [2.24, 2.45) is 28.2 Å².